The van der Waals surface area contributed by atoms with Gasteiger partial charge in [0.25, 0.3) is 0 Å². The minimum Gasteiger partial charge on any atom is -0.497 e. The number of alkyl halides is 1. The molecule has 1 atom stereocenters. The Bertz CT molecular complexity index is 1390. The zero-order valence-corrected chi connectivity index (χ0v) is 21.2. The molecule has 0 saturated carbocycles. The fourth-order valence-electron chi connectivity index (χ4n) is 4.99. The molecular weight excluding hydrogens is 500 g/mol. The highest BCUT2D eigenvalue weighted by Gasteiger charge is 2.41. The Balaban J connectivity index is 1.42. The predicted octanol–water partition coefficient (Wildman–Crippen LogP) is 5.98. The molecule has 1 aliphatic heterocycles. The second-order valence-electron chi connectivity index (χ2n) is 9.65. The number of carboxylic acids is 1. The summed E-state index contributed by atoms with van der Waals surface area (Å²) < 4.78 is 61.6. The molecule has 3 aromatic rings. The molecule has 1 aromatic heterocycles. The van der Waals surface area contributed by atoms with Crippen molar-refractivity contribution in [1.82, 2.24) is 9.88 Å². The monoisotopic (exact) mass is 528 g/mol. The van der Waals surface area contributed by atoms with Crippen LogP contribution in [-0.4, -0.2) is 47.7 Å². The lowest BCUT2D eigenvalue weighted by atomic mass is 9.74. The van der Waals surface area contributed by atoms with Crippen LogP contribution in [0.3, 0.4) is 0 Å². The van der Waals surface area contributed by atoms with Gasteiger partial charge in [-0.15, -0.1) is 0 Å². The number of ether oxygens (including phenoxy) is 1. The van der Waals surface area contributed by atoms with Crippen LogP contribution < -0.4 is 4.74 Å². The van der Waals surface area contributed by atoms with Crippen molar-refractivity contribution in [2.75, 3.05) is 26.7 Å². The number of piperidine rings is 1. The van der Waals surface area contributed by atoms with Gasteiger partial charge in [0, 0.05) is 36.8 Å². The van der Waals surface area contributed by atoms with Crippen molar-refractivity contribution in [3.63, 3.8) is 0 Å². The van der Waals surface area contributed by atoms with Crippen LogP contribution in [-0.2, 0) is 4.79 Å². The number of carbonyl (C=O) groups is 1. The van der Waals surface area contributed by atoms with Crippen molar-refractivity contribution in [1.29, 1.82) is 0 Å². The molecule has 0 bridgehead atoms. The number of methoxy groups -OCH3 is 1. The van der Waals surface area contributed by atoms with Gasteiger partial charge < -0.3 is 9.84 Å². The van der Waals surface area contributed by atoms with Crippen LogP contribution in [0.2, 0.25) is 0 Å². The highest BCUT2D eigenvalue weighted by atomic mass is 19.1. The van der Waals surface area contributed by atoms with Crippen molar-refractivity contribution in [3.8, 4) is 17.6 Å². The maximum atomic E-state index is 15.7. The number of aromatic nitrogens is 1. The molecule has 2 heterocycles. The number of hydrogen-bond acceptors (Lipinski definition) is 4. The van der Waals surface area contributed by atoms with E-state index in [0.29, 0.717) is 65.8 Å². The Kier molecular flexibility index (Phi) is 8.22. The van der Waals surface area contributed by atoms with Gasteiger partial charge in [-0.05, 0) is 61.9 Å². The van der Waals surface area contributed by atoms with Gasteiger partial charge >= 0.3 is 5.97 Å². The summed E-state index contributed by atoms with van der Waals surface area (Å²) in [5.74, 6) is 1.53. The minimum atomic E-state index is -1.38. The van der Waals surface area contributed by atoms with Crippen LogP contribution in [0.15, 0.2) is 36.5 Å². The molecule has 1 saturated heterocycles. The topological polar surface area (TPSA) is 62.7 Å². The van der Waals surface area contributed by atoms with E-state index in [9.17, 15) is 23.1 Å². The molecule has 2 aromatic carbocycles. The van der Waals surface area contributed by atoms with E-state index in [1.54, 1.807) is 31.3 Å². The van der Waals surface area contributed by atoms with Gasteiger partial charge in [-0.2, -0.15) is 0 Å². The molecule has 1 N–H and O–H groups in total. The zero-order valence-electron chi connectivity index (χ0n) is 21.2. The van der Waals surface area contributed by atoms with Crippen LogP contribution in [0.5, 0.6) is 5.75 Å². The van der Waals surface area contributed by atoms with Gasteiger partial charge in [-0.3, -0.25) is 14.7 Å². The number of benzene rings is 2. The second-order valence-corrected chi connectivity index (χ2v) is 9.65. The van der Waals surface area contributed by atoms with Crippen molar-refractivity contribution in [2.24, 2.45) is 5.41 Å². The van der Waals surface area contributed by atoms with Crippen LogP contribution >= 0.6 is 0 Å². The molecule has 5 nitrogen and oxygen atoms in total. The molecule has 200 valence electrons. The van der Waals surface area contributed by atoms with Crippen LogP contribution in [0.4, 0.5) is 17.6 Å². The number of rotatable bonds is 7. The molecule has 4 rings (SSSR count). The Hall–Kier alpha value is -3.64. The molecule has 1 fully saturated rings. The van der Waals surface area contributed by atoms with Gasteiger partial charge in [0.2, 0.25) is 0 Å². The number of carboxylic acid groups (broad SMARTS) is 1. The third-order valence-electron chi connectivity index (χ3n) is 7.30. The number of aliphatic carboxylic acids is 1. The van der Waals surface area contributed by atoms with Crippen LogP contribution in [0.25, 0.3) is 10.9 Å². The quantitative estimate of drug-likeness (QED) is 0.302. The molecule has 0 spiro atoms. The third-order valence-corrected chi connectivity index (χ3v) is 7.30. The van der Waals surface area contributed by atoms with Gasteiger partial charge in [0.05, 0.1) is 30.1 Å². The van der Waals surface area contributed by atoms with Crippen molar-refractivity contribution < 1.29 is 32.2 Å². The first-order valence-electron chi connectivity index (χ1n) is 12.3. The van der Waals surface area contributed by atoms with Crippen LogP contribution in [0.1, 0.15) is 48.5 Å². The molecule has 38 heavy (non-hydrogen) atoms. The first kappa shape index (κ1) is 27.4. The summed E-state index contributed by atoms with van der Waals surface area (Å²) in [6.07, 6.45) is 1.01. The second kappa shape index (κ2) is 11.4. The van der Waals surface area contributed by atoms with Crippen molar-refractivity contribution in [2.45, 2.75) is 38.8 Å². The predicted molar refractivity (Wildman–Crippen MR) is 135 cm³/mol. The van der Waals surface area contributed by atoms with E-state index in [1.807, 2.05) is 4.90 Å². The van der Waals surface area contributed by atoms with Gasteiger partial charge in [-0.25, -0.2) is 17.6 Å². The Labute approximate surface area is 218 Å². The van der Waals surface area contributed by atoms with Gasteiger partial charge in [0.15, 0.2) is 0 Å². The van der Waals surface area contributed by atoms with E-state index in [1.165, 1.54) is 7.11 Å². The van der Waals surface area contributed by atoms with Gasteiger partial charge in [0.1, 0.15) is 29.4 Å². The van der Waals surface area contributed by atoms with Crippen molar-refractivity contribution in [3.05, 3.63) is 70.7 Å². The van der Waals surface area contributed by atoms with E-state index < -0.39 is 40.6 Å². The fraction of sp³-hybridized carbons (Fsp3) is 0.379. The SMILES string of the molecule is COc1ccc2ncc(C)c([C@H](F)CCC3(C(=O)O)CCN(CC#Cc4c(F)cc(F)cc4F)CC3)c2c1. The normalized spacial score (nSPS) is 16.1. The van der Waals surface area contributed by atoms with E-state index in [0.717, 1.165) is 0 Å². The number of fused-ring (bicyclic) bond motifs is 1. The van der Waals surface area contributed by atoms with Gasteiger partial charge in [-0.1, -0.05) is 11.8 Å². The summed E-state index contributed by atoms with van der Waals surface area (Å²) >= 11 is 0. The Morgan fingerprint density at radius 2 is 1.87 bits per heavy atom. The third kappa shape index (κ3) is 5.76. The fourth-order valence-corrected chi connectivity index (χ4v) is 4.99. The Morgan fingerprint density at radius 3 is 2.50 bits per heavy atom. The molecule has 0 unspecified atom stereocenters. The average Bonchev–Trinajstić information content (AvgIpc) is 2.89. The minimum absolute atomic E-state index is 0.0341. The van der Waals surface area contributed by atoms with Crippen LogP contribution in [0, 0.1) is 41.6 Å². The smallest absolute Gasteiger partial charge is 0.309 e. The Morgan fingerprint density at radius 1 is 1.18 bits per heavy atom. The summed E-state index contributed by atoms with van der Waals surface area (Å²) in [5, 5.41) is 10.7. The van der Waals surface area contributed by atoms with E-state index >= 15 is 4.39 Å². The van der Waals surface area contributed by atoms with E-state index in [2.05, 4.69) is 16.8 Å². The molecule has 0 aliphatic carbocycles. The highest BCUT2D eigenvalue weighted by Crippen LogP contribution is 2.41. The average molecular weight is 529 g/mol. The summed E-state index contributed by atoms with van der Waals surface area (Å²) in [6.45, 7) is 2.73. The maximum Gasteiger partial charge on any atom is 0.309 e. The number of pyridine rings is 1. The standard InChI is InChI=1S/C29H28F4N2O3/c1-18-17-34-26-6-5-20(38-2)16-22(26)27(18)23(31)7-8-29(28(36)37)9-12-35(13-10-29)11-3-4-21-24(32)14-19(30)15-25(21)33/h5-6,14-17,23H,7-13H2,1-2H3,(H,36,37)/t23-/m1/s1. The first-order valence-corrected chi connectivity index (χ1v) is 12.3. The largest absolute Gasteiger partial charge is 0.497 e. The molecule has 1 aliphatic rings. The summed E-state index contributed by atoms with van der Waals surface area (Å²) in [6, 6.07) is 6.40. The van der Waals surface area contributed by atoms with E-state index in [4.69, 9.17) is 4.74 Å². The maximum absolute atomic E-state index is 15.7. The molecule has 0 radical (unpaired) electrons. The molecular formula is C29H28F4N2O3. The number of hydrogen-bond donors (Lipinski definition) is 1. The summed E-state index contributed by atoms with van der Waals surface area (Å²) in [4.78, 5) is 18.5. The number of aryl methyl sites for hydroxylation is 1. The molecule has 0 amide bonds. The summed E-state index contributed by atoms with van der Waals surface area (Å²) in [5.41, 5.74) is 0.218. The number of halogens is 4. The number of likely N-dealkylation sites (tertiary alicyclic amines) is 1. The lowest BCUT2D eigenvalue weighted by Gasteiger charge is -2.38. The van der Waals surface area contributed by atoms with E-state index in [-0.39, 0.29) is 19.4 Å². The lowest BCUT2D eigenvalue weighted by molar-refractivity contribution is -0.152. The molecule has 9 heteroatoms. The number of nitrogens with zero attached hydrogens (tertiary/aromatic N) is 2. The summed E-state index contributed by atoms with van der Waals surface area (Å²) in [7, 11) is 1.53. The lowest BCUT2D eigenvalue weighted by Crippen LogP contribution is -2.44. The van der Waals surface area contributed by atoms with Crippen molar-refractivity contribution >= 4 is 16.9 Å². The highest BCUT2D eigenvalue weighted by molar-refractivity contribution is 5.85. The zero-order chi connectivity index (χ0) is 27.4. The first-order chi connectivity index (χ1) is 18.1.